The topological polar surface area (TPSA) is 47.0 Å². The molecule has 0 amide bonds. The van der Waals surface area contributed by atoms with E-state index in [-0.39, 0.29) is 6.10 Å². The van der Waals surface area contributed by atoms with Crippen molar-refractivity contribution in [2.75, 3.05) is 19.0 Å². The number of hydrogen-bond acceptors (Lipinski definition) is 4. The molecule has 1 rings (SSSR count). The minimum atomic E-state index is 0.127. The third-order valence-corrected chi connectivity index (χ3v) is 3.62. The van der Waals surface area contributed by atoms with Gasteiger partial charge in [0.2, 0.25) is 0 Å². The predicted octanol–water partition coefficient (Wildman–Crippen LogP) is 3.45. The van der Waals surface area contributed by atoms with Crippen molar-refractivity contribution in [3.8, 4) is 0 Å². The van der Waals surface area contributed by atoms with E-state index in [2.05, 4.69) is 52.0 Å². The molecule has 0 bridgehead atoms. The van der Waals surface area contributed by atoms with E-state index in [4.69, 9.17) is 4.74 Å². The lowest BCUT2D eigenvalue weighted by Gasteiger charge is -2.15. The molecule has 0 radical (unpaired) electrons. The number of hydrogen-bond donors (Lipinski definition) is 1. The van der Waals surface area contributed by atoms with Crippen LogP contribution in [0, 0.1) is 5.92 Å². The highest BCUT2D eigenvalue weighted by Crippen LogP contribution is 2.26. The number of aromatic nitrogens is 2. The normalized spacial score (nSPS) is 12.8. The molecule has 108 valence electrons. The van der Waals surface area contributed by atoms with Gasteiger partial charge >= 0.3 is 0 Å². The summed E-state index contributed by atoms with van der Waals surface area (Å²) in [7, 11) is 1.71. The zero-order chi connectivity index (χ0) is 14.4. The molecular formula is C14H24BrN3O. The summed E-state index contributed by atoms with van der Waals surface area (Å²) in [5.41, 5.74) is 1.07. The first-order valence-corrected chi connectivity index (χ1v) is 7.59. The predicted molar refractivity (Wildman–Crippen MR) is 82.6 cm³/mol. The number of ether oxygens (including phenoxy) is 1. The van der Waals surface area contributed by atoms with Gasteiger partial charge in [0.1, 0.15) is 11.6 Å². The molecule has 4 nitrogen and oxygen atoms in total. The van der Waals surface area contributed by atoms with Crippen molar-refractivity contribution in [3.63, 3.8) is 0 Å². The molecule has 0 aliphatic rings. The van der Waals surface area contributed by atoms with Gasteiger partial charge in [-0.2, -0.15) is 0 Å². The zero-order valence-electron chi connectivity index (χ0n) is 12.5. The summed E-state index contributed by atoms with van der Waals surface area (Å²) in [6.07, 6.45) is 1.80. The summed E-state index contributed by atoms with van der Waals surface area (Å²) in [5.74, 6) is 2.28. The molecule has 19 heavy (non-hydrogen) atoms. The third-order valence-electron chi connectivity index (χ3n) is 2.78. The van der Waals surface area contributed by atoms with Crippen molar-refractivity contribution in [2.45, 2.75) is 46.6 Å². The number of rotatable bonds is 7. The summed E-state index contributed by atoms with van der Waals surface area (Å²) in [5, 5.41) is 3.28. The van der Waals surface area contributed by atoms with E-state index in [0.717, 1.165) is 41.2 Å². The summed E-state index contributed by atoms with van der Waals surface area (Å²) in [6.45, 7) is 9.32. The first-order valence-electron chi connectivity index (χ1n) is 6.79. The average Bonchev–Trinajstić information content (AvgIpc) is 2.34. The van der Waals surface area contributed by atoms with Crippen LogP contribution in [0.3, 0.4) is 0 Å². The molecule has 1 atom stereocenters. The van der Waals surface area contributed by atoms with Crippen LogP contribution in [-0.2, 0) is 17.6 Å². The largest absolute Gasteiger partial charge is 0.381 e. The van der Waals surface area contributed by atoms with Crippen molar-refractivity contribution < 1.29 is 4.74 Å². The monoisotopic (exact) mass is 329 g/mol. The molecule has 0 saturated heterocycles. The molecule has 1 unspecified atom stereocenters. The van der Waals surface area contributed by atoms with Crippen molar-refractivity contribution in [2.24, 2.45) is 5.92 Å². The van der Waals surface area contributed by atoms with Crippen LogP contribution in [0.25, 0.3) is 0 Å². The van der Waals surface area contributed by atoms with Gasteiger partial charge in [-0.25, -0.2) is 9.97 Å². The minimum absolute atomic E-state index is 0.127. The second-order valence-electron chi connectivity index (χ2n) is 5.13. The molecule has 0 fully saturated rings. The van der Waals surface area contributed by atoms with Gasteiger partial charge in [-0.3, -0.25) is 0 Å². The summed E-state index contributed by atoms with van der Waals surface area (Å²) in [4.78, 5) is 9.23. The lowest BCUT2D eigenvalue weighted by molar-refractivity contribution is 0.117. The summed E-state index contributed by atoms with van der Waals surface area (Å²) >= 11 is 3.61. The molecule has 0 spiro atoms. The van der Waals surface area contributed by atoms with Crippen LogP contribution in [0.5, 0.6) is 0 Å². The Labute approximate surface area is 124 Å². The van der Waals surface area contributed by atoms with Gasteiger partial charge in [-0.1, -0.05) is 13.8 Å². The van der Waals surface area contributed by atoms with Crippen molar-refractivity contribution in [1.82, 2.24) is 9.97 Å². The smallest absolute Gasteiger partial charge is 0.144 e. The number of nitrogens with zero attached hydrogens (tertiary/aromatic N) is 2. The molecule has 0 aliphatic heterocycles. The van der Waals surface area contributed by atoms with Crippen LogP contribution in [0.4, 0.5) is 5.82 Å². The van der Waals surface area contributed by atoms with E-state index >= 15 is 0 Å². The van der Waals surface area contributed by atoms with Gasteiger partial charge in [0.25, 0.3) is 0 Å². The Kier molecular flexibility index (Phi) is 6.72. The number of methoxy groups -OCH3 is 1. The van der Waals surface area contributed by atoms with E-state index < -0.39 is 0 Å². The maximum atomic E-state index is 5.29. The van der Waals surface area contributed by atoms with Gasteiger partial charge in [0.05, 0.1) is 16.3 Å². The molecule has 0 aromatic carbocycles. The van der Waals surface area contributed by atoms with Crippen molar-refractivity contribution in [3.05, 3.63) is 16.0 Å². The fraction of sp³-hybridized carbons (Fsp3) is 0.714. The Bertz CT molecular complexity index is 410. The Hall–Kier alpha value is -0.680. The van der Waals surface area contributed by atoms with E-state index in [1.54, 1.807) is 7.11 Å². The first-order chi connectivity index (χ1) is 8.97. The van der Waals surface area contributed by atoms with E-state index in [1.165, 1.54) is 0 Å². The lowest BCUT2D eigenvalue weighted by atomic mass is 10.1. The SMILES string of the molecule is CCNc1nc(CC(C)OC)nc(CC(C)C)c1Br. The Morgan fingerprint density at radius 2 is 1.89 bits per heavy atom. The van der Waals surface area contributed by atoms with Gasteiger partial charge < -0.3 is 10.1 Å². The highest BCUT2D eigenvalue weighted by molar-refractivity contribution is 9.10. The maximum absolute atomic E-state index is 5.29. The number of anilines is 1. The quantitative estimate of drug-likeness (QED) is 0.832. The molecule has 1 aromatic heterocycles. The number of halogens is 1. The molecule has 0 saturated carbocycles. The van der Waals surface area contributed by atoms with Crippen LogP contribution < -0.4 is 5.32 Å². The van der Waals surface area contributed by atoms with Gasteiger partial charge in [-0.05, 0) is 42.1 Å². The molecule has 1 N–H and O–H groups in total. The summed E-state index contributed by atoms with van der Waals surface area (Å²) in [6, 6.07) is 0. The second-order valence-corrected chi connectivity index (χ2v) is 5.92. The van der Waals surface area contributed by atoms with Gasteiger partial charge in [0, 0.05) is 20.1 Å². The van der Waals surface area contributed by atoms with E-state index in [0.29, 0.717) is 5.92 Å². The van der Waals surface area contributed by atoms with Crippen LogP contribution in [-0.4, -0.2) is 29.7 Å². The highest BCUT2D eigenvalue weighted by atomic mass is 79.9. The minimum Gasteiger partial charge on any atom is -0.381 e. The highest BCUT2D eigenvalue weighted by Gasteiger charge is 2.14. The molecule has 1 heterocycles. The van der Waals surface area contributed by atoms with Crippen molar-refractivity contribution in [1.29, 1.82) is 0 Å². The van der Waals surface area contributed by atoms with E-state index in [9.17, 15) is 0 Å². The Balaban J connectivity index is 3.07. The van der Waals surface area contributed by atoms with Crippen LogP contribution in [0.15, 0.2) is 4.47 Å². The van der Waals surface area contributed by atoms with Crippen LogP contribution in [0.1, 0.15) is 39.2 Å². The molecule has 1 aromatic rings. The maximum Gasteiger partial charge on any atom is 0.144 e. The standard InChI is InChI=1S/C14H24BrN3O/c1-6-16-14-13(15)11(7-9(2)3)17-12(18-14)8-10(4)19-5/h9-10H,6-8H2,1-5H3,(H,16,17,18). The number of nitrogens with one attached hydrogen (secondary N) is 1. The molecule has 0 aliphatic carbocycles. The molecule has 5 heteroatoms. The Morgan fingerprint density at radius 3 is 2.42 bits per heavy atom. The lowest BCUT2D eigenvalue weighted by Crippen LogP contribution is -2.15. The van der Waals surface area contributed by atoms with Gasteiger partial charge in [-0.15, -0.1) is 0 Å². The van der Waals surface area contributed by atoms with Crippen molar-refractivity contribution >= 4 is 21.7 Å². The van der Waals surface area contributed by atoms with Gasteiger partial charge in [0.15, 0.2) is 0 Å². The molecular weight excluding hydrogens is 306 g/mol. The first kappa shape index (κ1) is 16.4. The third kappa shape index (κ3) is 5.07. The average molecular weight is 330 g/mol. The fourth-order valence-corrected chi connectivity index (χ4v) is 2.26. The fourth-order valence-electron chi connectivity index (χ4n) is 1.78. The van der Waals surface area contributed by atoms with Crippen LogP contribution in [0.2, 0.25) is 0 Å². The van der Waals surface area contributed by atoms with E-state index in [1.807, 2.05) is 6.92 Å². The van der Waals surface area contributed by atoms with Crippen LogP contribution >= 0.6 is 15.9 Å². The summed E-state index contributed by atoms with van der Waals surface area (Å²) < 4.78 is 6.28. The zero-order valence-corrected chi connectivity index (χ0v) is 14.0. The second kappa shape index (κ2) is 7.80. The Morgan fingerprint density at radius 1 is 1.21 bits per heavy atom.